The van der Waals surface area contributed by atoms with Crippen molar-refractivity contribution in [1.82, 2.24) is 5.32 Å². The lowest BCUT2D eigenvalue weighted by Gasteiger charge is -2.32. The molecule has 0 heterocycles. The Morgan fingerprint density at radius 3 is 2.57 bits per heavy atom. The first kappa shape index (κ1) is 18.0. The lowest BCUT2D eigenvalue weighted by Crippen LogP contribution is -2.45. The highest BCUT2D eigenvalue weighted by Crippen LogP contribution is 2.21. The molecule has 0 aliphatic heterocycles. The number of hydrogen-bond donors (Lipinski definition) is 3. The maximum Gasteiger partial charge on any atom is 0.119 e. The van der Waals surface area contributed by atoms with Gasteiger partial charge in [0.15, 0.2) is 0 Å². The third-order valence-electron chi connectivity index (χ3n) is 3.49. The molecule has 0 bridgehead atoms. The van der Waals surface area contributed by atoms with E-state index in [4.69, 9.17) is 9.84 Å². The smallest absolute Gasteiger partial charge is 0.119 e. The van der Waals surface area contributed by atoms with Crippen LogP contribution in [0.1, 0.15) is 32.8 Å². The maximum absolute atomic E-state index is 10.0. The summed E-state index contributed by atoms with van der Waals surface area (Å²) >= 11 is 0. The van der Waals surface area contributed by atoms with Gasteiger partial charge in [-0.25, -0.2) is 0 Å². The van der Waals surface area contributed by atoms with Gasteiger partial charge in [-0.1, -0.05) is 32.9 Å². The Balaban J connectivity index is 2.37. The molecule has 2 unspecified atom stereocenters. The van der Waals surface area contributed by atoms with Crippen LogP contribution in [-0.2, 0) is 0 Å². The van der Waals surface area contributed by atoms with Crippen molar-refractivity contribution in [3.05, 3.63) is 29.8 Å². The zero-order chi connectivity index (χ0) is 15.9. The highest BCUT2D eigenvalue weighted by molar-refractivity contribution is 5.27. The number of rotatable bonds is 8. The van der Waals surface area contributed by atoms with Crippen LogP contribution < -0.4 is 10.1 Å². The summed E-state index contributed by atoms with van der Waals surface area (Å²) in [6.45, 7) is 9.22. The van der Waals surface area contributed by atoms with Crippen molar-refractivity contribution in [3.63, 3.8) is 0 Å². The predicted octanol–water partition coefficient (Wildman–Crippen LogP) is 2.12. The molecule has 0 aliphatic carbocycles. The molecule has 0 fully saturated rings. The molecule has 4 heteroatoms. The molecule has 120 valence electrons. The van der Waals surface area contributed by atoms with Crippen LogP contribution in [0.3, 0.4) is 0 Å². The van der Waals surface area contributed by atoms with E-state index in [1.54, 1.807) is 0 Å². The van der Waals surface area contributed by atoms with Gasteiger partial charge in [-0.2, -0.15) is 0 Å². The summed E-state index contributed by atoms with van der Waals surface area (Å²) in [6.07, 6.45) is 0.101. The Kier molecular flexibility index (Phi) is 7.15. The predicted molar refractivity (Wildman–Crippen MR) is 85.6 cm³/mol. The quantitative estimate of drug-likeness (QED) is 0.687. The number of aliphatic hydroxyl groups is 2. The monoisotopic (exact) mass is 295 g/mol. The van der Waals surface area contributed by atoms with Crippen LogP contribution in [-0.4, -0.2) is 42.1 Å². The number of hydrogen-bond acceptors (Lipinski definition) is 4. The van der Waals surface area contributed by atoms with E-state index in [0.29, 0.717) is 13.0 Å². The Morgan fingerprint density at radius 2 is 2.00 bits per heavy atom. The van der Waals surface area contributed by atoms with Crippen LogP contribution >= 0.6 is 0 Å². The van der Waals surface area contributed by atoms with Gasteiger partial charge in [0.2, 0.25) is 0 Å². The fourth-order valence-electron chi connectivity index (χ4n) is 2.21. The van der Waals surface area contributed by atoms with Crippen LogP contribution in [0.4, 0.5) is 0 Å². The van der Waals surface area contributed by atoms with E-state index in [1.165, 1.54) is 0 Å². The lowest BCUT2D eigenvalue weighted by molar-refractivity contribution is 0.0936. The normalized spacial score (nSPS) is 14.8. The van der Waals surface area contributed by atoms with Gasteiger partial charge in [0.05, 0.1) is 0 Å². The van der Waals surface area contributed by atoms with Crippen LogP contribution in [0.25, 0.3) is 0 Å². The van der Waals surface area contributed by atoms with E-state index < -0.39 is 6.10 Å². The second-order valence-electron chi connectivity index (χ2n) is 6.62. The van der Waals surface area contributed by atoms with E-state index >= 15 is 0 Å². The molecule has 2 atom stereocenters. The SMILES string of the molecule is Cc1cccc(OCC(O)CNC(CCO)C(C)(C)C)c1. The Labute approximate surface area is 128 Å². The van der Waals surface area contributed by atoms with Gasteiger partial charge in [0, 0.05) is 19.2 Å². The number of ether oxygens (including phenoxy) is 1. The van der Waals surface area contributed by atoms with Gasteiger partial charge in [0.25, 0.3) is 0 Å². The summed E-state index contributed by atoms with van der Waals surface area (Å²) in [4.78, 5) is 0. The van der Waals surface area contributed by atoms with Gasteiger partial charge in [-0.15, -0.1) is 0 Å². The minimum atomic E-state index is -0.575. The molecule has 0 radical (unpaired) electrons. The van der Waals surface area contributed by atoms with Gasteiger partial charge < -0.3 is 20.3 Å². The summed E-state index contributed by atoms with van der Waals surface area (Å²) in [5.41, 5.74) is 1.18. The highest BCUT2D eigenvalue weighted by atomic mass is 16.5. The highest BCUT2D eigenvalue weighted by Gasteiger charge is 2.24. The fraction of sp³-hybridized carbons (Fsp3) is 0.647. The molecule has 0 amide bonds. The molecule has 0 aromatic heterocycles. The van der Waals surface area contributed by atoms with Gasteiger partial charge in [-0.3, -0.25) is 0 Å². The Hall–Kier alpha value is -1.10. The van der Waals surface area contributed by atoms with Crippen LogP contribution in [0.2, 0.25) is 0 Å². The summed E-state index contributed by atoms with van der Waals surface area (Å²) in [6, 6.07) is 7.94. The molecule has 0 saturated heterocycles. The first-order valence-electron chi connectivity index (χ1n) is 7.54. The van der Waals surface area contributed by atoms with Crippen molar-refractivity contribution in [2.75, 3.05) is 19.8 Å². The van der Waals surface area contributed by atoms with Crippen LogP contribution in [0.15, 0.2) is 24.3 Å². The minimum Gasteiger partial charge on any atom is -0.491 e. The summed E-state index contributed by atoms with van der Waals surface area (Å²) in [5, 5.41) is 22.4. The Bertz CT molecular complexity index is 415. The number of aryl methyl sites for hydroxylation is 1. The first-order valence-corrected chi connectivity index (χ1v) is 7.54. The Morgan fingerprint density at radius 1 is 1.29 bits per heavy atom. The minimum absolute atomic E-state index is 0.0415. The van der Waals surface area contributed by atoms with Crippen molar-refractivity contribution < 1.29 is 14.9 Å². The molecule has 0 aliphatic rings. The average molecular weight is 295 g/mol. The van der Waals surface area contributed by atoms with Gasteiger partial charge >= 0.3 is 0 Å². The molecule has 0 saturated carbocycles. The molecule has 1 aromatic rings. The molecule has 0 spiro atoms. The second-order valence-corrected chi connectivity index (χ2v) is 6.62. The van der Waals surface area contributed by atoms with E-state index in [9.17, 15) is 5.11 Å². The molecular formula is C17H29NO3. The van der Waals surface area contributed by atoms with Crippen molar-refractivity contribution >= 4 is 0 Å². The van der Waals surface area contributed by atoms with E-state index in [0.717, 1.165) is 11.3 Å². The zero-order valence-corrected chi connectivity index (χ0v) is 13.6. The molecule has 21 heavy (non-hydrogen) atoms. The maximum atomic E-state index is 10.0. The summed E-state index contributed by atoms with van der Waals surface area (Å²) in [5.74, 6) is 0.775. The molecule has 1 rings (SSSR count). The number of nitrogens with one attached hydrogen (secondary N) is 1. The molecule has 4 nitrogen and oxygen atoms in total. The van der Waals surface area contributed by atoms with Crippen molar-refractivity contribution in [1.29, 1.82) is 0 Å². The molecule has 1 aromatic carbocycles. The van der Waals surface area contributed by atoms with E-state index in [-0.39, 0.29) is 24.7 Å². The summed E-state index contributed by atoms with van der Waals surface area (Å²) in [7, 11) is 0. The number of benzene rings is 1. The number of aliphatic hydroxyl groups excluding tert-OH is 2. The van der Waals surface area contributed by atoms with Crippen molar-refractivity contribution in [2.45, 2.75) is 46.3 Å². The molecular weight excluding hydrogens is 266 g/mol. The van der Waals surface area contributed by atoms with Gasteiger partial charge in [0.1, 0.15) is 18.5 Å². The van der Waals surface area contributed by atoms with Crippen molar-refractivity contribution in [3.8, 4) is 5.75 Å². The third-order valence-corrected chi connectivity index (χ3v) is 3.49. The largest absolute Gasteiger partial charge is 0.491 e. The van der Waals surface area contributed by atoms with Crippen LogP contribution in [0, 0.1) is 12.3 Å². The zero-order valence-electron chi connectivity index (χ0n) is 13.6. The fourth-order valence-corrected chi connectivity index (χ4v) is 2.21. The summed E-state index contributed by atoms with van der Waals surface area (Å²) < 4.78 is 5.59. The lowest BCUT2D eigenvalue weighted by atomic mass is 9.85. The van der Waals surface area contributed by atoms with E-state index in [1.807, 2.05) is 31.2 Å². The van der Waals surface area contributed by atoms with Crippen LogP contribution in [0.5, 0.6) is 5.75 Å². The van der Waals surface area contributed by atoms with Gasteiger partial charge in [-0.05, 0) is 36.5 Å². The van der Waals surface area contributed by atoms with Crippen molar-refractivity contribution in [2.24, 2.45) is 5.41 Å². The van der Waals surface area contributed by atoms with E-state index in [2.05, 4.69) is 26.1 Å². The first-order chi connectivity index (χ1) is 9.82. The molecule has 3 N–H and O–H groups in total. The second kappa shape index (κ2) is 8.37. The standard InChI is InChI=1S/C17H29NO3/c1-13-6-5-7-15(10-13)21-12-14(20)11-18-16(8-9-19)17(2,3)4/h5-7,10,14,16,18-20H,8-9,11-12H2,1-4H3. The third kappa shape index (κ3) is 6.93. The topological polar surface area (TPSA) is 61.7 Å². The average Bonchev–Trinajstić information content (AvgIpc) is 2.40.